The highest BCUT2D eigenvalue weighted by Crippen LogP contribution is 2.25. The summed E-state index contributed by atoms with van der Waals surface area (Å²) in [5.74, 6) is 0.577. The van der Waals surface area contributed by atoms with Gasteiger partial charge in [0, 0.05) is 18.0 Å². The van der Waals surface area contributed by atoms with E-state index in [0.29, 0.717) is 11.5 Å². The van der Waals surface area contributed by atoms with Crippen LogP contribution in [0.3, 0.4) is 0 Å². The van der Waals surface area contributed by atoms with Crippen LogP contribution < -0.4 is 5.73 Å². The van der Waals surface area contributed by atoms with Crippen molar-refractivity contribution in [3.05, 3.63) is 29.8 Å². The number of primary amides is 1. The average molecular weight is 292 g/mol. The first kappa shape index (κ1) is 14.9. The zero-order valence-corrected chi connectivity index (χ0v) is 12.5. The molecule has 0 radical (unpaired) electrons. The molecule has 2 N–H and O–H groups in total. The molecule has 1 aromatic carbocycles. The Morgan fingerprint density at radius 2 is 1.95 bits per heavy atom. The number of rotatable bonds is 4. The van der Waals surface area contributed by atoms with Crippen LogP contribution in [-0.4, -0.2) is 35.6 Å². The van der Waals surface area contributed by atoms with Gasteiger partial charge in [-0.25, -0.2) is 0 Å². The topological polar surface area (TPSA) is 63.4 Å². The molecule has 0 atom stereocenters. The molecule has 1 aliphatic rings. The summed E-state index contributed by atoms with van der Waals surface area (Å²) in [5.41, 5.74) is 5.84. The van der Waals surface area contributed by atoms with Gasteiger partial charge < -0.3 is 10.6 Å². The zero-order valence-electron chi connectivity index (χ0n) is 11.7. The van der Waals surface area contributed by atoms with Crippen LogP contribution in [0.5, 0.6) is 0 Å². The molecule has 1 fully saturated rings. The summed E-state index contributed by atoms with van der Waals surface area (Å²) in [6.45, 7) is 3.85. The van der Waals surface area contributed by atoms with Crippen molar-refractivity contribution < 1.29 is 9.59 Å². The Balaban J connectivity index is 2.11. The van der Waals surface area contributed by atoms with Gasteiger partial charge >= 0.3 is 0 Å². The number of amides is 2. The largest absolute Gasteiger partial charge is 0.369 e. The second-order valence-electron chi connectivity index (χ2n) is 5.23. The predicted octanol–water partition coefficient (Wildman–Crippen LogP) is 2.14. The summed E-state index contributed by atoms with van der Waals surface area (Å²) < 4.78 is 0. The summed E-state index contributed by atoms with van der Waals surface area (Å²) in [6, 6.07) is 7.42. The first-order valence-corrected chi connectivity index (χ1v) is 7.86. The number of likely N-dealkylation sites (tertiary alicyclic amines) is 1. The van der Waals surface area contributed by atoms with E-state index in [9.17, 15) is 9.59 Å². The average Bonchev–Trinajstić information content (AvgIpc) is 2.45. The Kier molecular flexibility index (Phi) is 5.06. The molecule has 1 aromatic rings. The Morgan fingerprint density at radius 3 is 2.60 bits per heavy atom. The predicted molar refractivity (Wildman–Crippen MR) is 80.7 cm³/mol. The minimum atomic E-state index is -0.371. The third-order valence-corrected chi connectivity index (χ3v) is 4.65. The standard InChI is InChI=1S/C15H20N2O2S/c1-11-6-8-17(9-7-11)15(19)12-4-2-3-5-13(12)20-10-14(16)18/h2-5,11H,6-10H2,1H3,(H2,16,18). The lowest BCUT2D eigenvalue weighted by Gasteiger charge is -2.30. The highest BCUT2D eigenvalue weighted by atomic mass is 32.2. The summed E-state index contributed by atoms with van der Waals surface area (Å²) >= 11 is 1.33. The number of carbonyl (C=O) groups excluding carboxylic acids is 2. The normalized spacial score (nSPS) is 16.1. The lowest BCUT2D eigenvalue weighted by molar-refractivity contribution is -0.115. The van der Waals surface area contributed by atoms with Gasteiger partial charge in [0.25, 0.3) is 5.91 Å². The van der Waals surface area contributed by atoms with Crippen molar-refractivity contribution in [3.63, 3.8) is 0 Å². The minimum Gasteiger partial charge on any atom is -0.369 e. The molecule has 0 saturated carbocycles. The first-order valence-electron chi connectivity index (χ1n) is 6.87. The highest BCUT2D eigenvalue weighted by molar-refractivity contribution is 8.00. The van der Waals surface area contributed by atoms with E-state index < -0.39 is 0 Å². The molecule has 20 heavy (non-hydrogen) atoms. The quantitative estimate of drug-likeness (QED) is 0.865. The van der Waals surface area contributed by atoms with Crippen LogP contribution in [0.4, 0.5) is 0 Å². The maximum Gasteiger partial charge on any atom is 0.254 e. The smallest absolute Gasteiger partial charge is 0.254 e. The van der Waals surface area contributed by atoms with Crippen LogP contribution in [0.2, 0.25) is 0 Å². The van der Waals surface area contributed by atoms with Gasteiger partial charge in [-0.2, -0.15) is 0 Å². The third kappa shape index (κ3) is 3.76. The molecule has 108 valence electrons. The molecule has 0 bridgehead atoms. The van der Waals surface area contributed by atoms with Crippen LogP contribution in [0.1, 0.15) is 30.1 Å². The van der Waals surface area contributed by atoms with Gasteiger partial charge in [-0.15, -0.1) is 11.8 Å². The molecular weight excluding hydrogens is 272 g/mol. The van der Waals surface area contributed by atoms with Crippen LogP contribution >= 0.6 is 11.8 Å². The minimum absolute atomic E-state index is 0.0597. The molecule has 1 aliphatic heterocycles. The Bertz CT molecular complexity index is 496. The summed E-state index contributed by atoms with van der Waals surface area (Å²) in [5, 5.41) is 0. The van der Waals surface area contributed by atoms with Gasteiger partial charge in [0.15, 0.2) is 0 Å². The van der Waals surface area contributed by atoms with Crippen molar-refractivity contribution >= 4 is 23.6 Å². The van der Waals surface area contributed by atoms with E-state index in [1.54, 1.807) is 0 Å². The van der Waals surface area contributed by atoms with E-state index in [4.69, 9.17) is 5.73 Å². The maximum absolute atomic E-state index is 12.6. The van der Waals surface area contributed by atoms with E-state index in [0.717, 1.165) is 30.8 Å². The summed E-state index contributed by atoms with van der Waals surface area (Å²) in [4.78, 5) is 26.2. The van der Waals surface area contributed by atoms with Crippen LogP contribution in [0.15, 0.2) is 29.2 Å². The molecular formula is C15H20N2O2S. The van der Waals surface area contributed by atoms with Crippen molar-refractivity contribution in [1.29, 1.82) is 0 Å². The monoisotopic (exact) mass is 292 g/mol. The van der Waals surface area contributed by atoms with Gasteiger partial charge in [-0.3, -0.25) is 9.59 Å². The van der Waals surface area contributed by atoms with Gasteiger partial charge in [-0.05, 0) is 30.9 Å². The summed E-state index contributed by atoms with van der Waals surface area (Å²) in [7, 11) is 0. The van der Waals surface area contributed by atoms with Crippen molar-refractivity contribution in [1.82, 2.24) is 4.90 Å². The third-order valence-electron chi connectivity index (χ3n) is 3.56. The molecule has 0 aliphatic carbocycles. The number of piperidine rings is 1. The lowest BCUT2D eigenvalue weighted by Crippen LogP contribution is -2.38. The van der Waals surface area contributed by atoms with Crippen LogP contribution in [0, 0.1) is 5.92 Å². The first-order chi connectivity index (χ1) is 9.58. The molecule has 2 amide bonds. The van der Waals surface area contributed by atoms with Crippen molar-refractivity contribution in [2.75, 3.05) is 18.8 Å². The maximum atomic E-state index is 12.6. The molecule has 5 heteroatoms. The molecule has 2 rings (SSSR count). The molecule has 0 unspecified atom stereocenters. The fourth-order valence-corrected chi connectivity index (χ4v) is 3.08. The van der Waals surface area contributed by atoms with Crippen molar-refractivity contribution in [3.8, 4) is 0 Å². The fourth-order valence-electron chi connectivity index (χ4n) is 2.30. The van der Waals surface area contributed by atoms with Gasteiger partial charge in [0.05, 0.1) is 11.3 Å². The lowest BCUT2D eigenvalue weighted by atomic mass is 9.98. The number of benzene rings is 1. The highest BCUT2D eigenvalue weighted by Gasteiger charge is 2.23. The Morgan fingerprint density at radius 1 is 1.30 bits per heavy atom. The summed E-state index contributed by atoms with van der Waals surface area (Å²) in [6.07, 6.45) is 2.12. The van der Waals surface area contributed by atoms with Gasteiger partial charge in [0.2, 0.25) is 5.91 Å². The molecule has 1 saturated heterocycles. The molecule has 1 heterocycles. The fraction of sp³-hybridized carbons (Fsp3) is 0.467. The number of hydrogen-bond donors (Lipinski definition) is 1. The molecule has 4 nitrogen and oxygen atoms in total. The Hall–Kier alpha value is -1.49. The number of hydrogen-bond acceptors (Lipinski definition) is 3. The Labute approximate surface area is 123 Å². The number of thioether (sulfide) groups is 1. The zero-order chi connectivity index (χ0) is 14.5. The number of nitrogens with two attached hydrogens (primary N) is 1. The van der Waals surface area contributed by atoms with Crippen molar-refractivity contribution in [2.24, 2.45) is 11.7 Å². The van der Waals surface area contributed by atoms with E-state index in [-0.39, 0.29) is 17.6 Å². The van der Waals surface area contributed by atoms with Gasteiger partial charge in [0.1, 0.15) is 0 Å². The van der Waals surface area contributed by atoms with Crippen LogP contribution in [0.25, 0.3) is 0 Å². The second-order valence-corrected chi connectivity index (χ2v) is 6.24. The number of carbonyl (C=O) groups is 2. The van der Waals surface area contributed by atoms with Crippen LogP contribution in [-0.2, 0) is 4.79 Å². The van der Waals surface area contributed by atoms with E-state index in [1.165, 1.54) is 11.8 Å². The number of nitrogens with zero attached hydrogens (tertiary/aromatic N) is 1. The SMILES string of the molecule is CC1CCN(C(=O)c2ccccc2SCC(N)=O)CC1. The molecule has 0 aromatic heterocycles. The van der Waals surface area contributed by atoms with E-state index >= 15 is 0 Å². The van der Waals surface area contributed by atoms with E-state index in [1.807, 2.05) is 29.2 Å². The van der Waals surface area contributed by atoms with E-state index in [2.05, 4.69) is 6.92 Å². The second kappa shape index (κ2) is 6.79. The van der Waals surface area contributed by atoms with Crippen molar-refractivity contribution in [2.45, 2.75) is 24.7 Å². The molecule has 0 spiro atoms. The van der Waals surface area contributed by atoms with Gasteiger partial charge in [-0.1, -0.05) is 19.1 Å².